The van der Waals surface area contributed by atoms with Gasteiger partial charge in [0.15, 0.2) is 11.5 Å². The van der Waals surface area contributed by atoms with Gasteiger partial charge in [-0.05, 0) is 61.0 Å². The van der Waals surface area contributed by atoms with Gasteiger partial charge in [-0.2, -0.15) is 0 Å². The zero-order valence-corrected chi connectivity index (χ0v) is 19.3. The molecule has 1 fully saturated rings. The highest BCUT2D eigenvalue weighted by Crippen LogP contribution is 2.38. The fourth-order valence-corrected chi connectivity index (χ4v) is 3.94. The first-order valence-corrected chi connectivity index (χ1v) is 10.5. The van der Waals surface area contributed by atoms with Gasteiger partial charge in [-0.15, -0.1) is 0 Å². The molecule has 1 aliphatic heterocycles. The number of nitrogens with zero attached hydrogens (tertiary/aromatic N) is 1. The van der Waals surface area contributed by atoms with Gasteiger partial charge in [0.05, 0.1) is 26.2 Å². The maximum absolute atomic E-state index is 12.8. The van der Waals surface area contributed by atoms with Crippen LogP contribution in [0.5, 0.6) is 17.2 Å². The molecule has 0 saturated carbocycles. The van der Waals surface area contributed by atoms with Gasteiger partial charge >= 0.3 is 0 Å². The van der Waals surface area contributed by atoms with E-state index in [0.717, 1.165) is 27.8 Å². The normalized spacial score (nSPS) is 14.7. The molecular formula is C23H24N2O6S. The van der Waals surface area contributed by atoms with Gasteiger partial charge < -0.3 is 19.5 Å². The van der Waals surface area contributed by atoms with E-state index in [-0.39, 0.29) is 11.4 Å². The Balaban J connectivity index is 1.79. The van der Waals surface area contributed by atoms with Crippen LogP contribution in [0, 0.1) is 13.8 Å². The van der Waals surface area contributed by atoms with E-state index in [9.17, 15) is 14.4 Å². The first-order valence-electron chi connectivity index (χ1n) is 9.69. The predicted molar refractivity (Wildman–Crippen MR) is 123 cm³/mol. The fourth-order valence-electron chi connectivity index (χ4n) is 3.11. The highest BCUT2D eigenvalue weighted by atomic mass is 32.2. The summed E-state index contributed by atoms with van der Waals surface area (Å²) in [5, 5.41) is 2.21. The third-order valence-electron chi connectivity index (χ3n) is 4.99. The van der Waals surface area contributed by atoms with Crippen molar-refractivity contribution in [3.63, 3.8) is 0 Å². The van der Waals surface area contributed by atoms with Crippen LogP contribution in [0.1, 0.15) is 16.7 Å². The molecule has 168 valence electrons. The van der Waals surface area contributed by atoms with Gasteiger partial charge in [0, 0.05) is 17.3 Å². The summed E-state index contributed by atoms with van der Waals surface area (Å²) in [5.74, 6) is 0.360. The van der Waals surface area contributed by atoms with Crippen molar-refractivity contribution in [1.29, 1.82) is 0 Å². The number of aryl methyl sites for hydroxylation is 2. The van der Waals surface area contributed by atoms with Crippen LogP contribution in [0.2, 0.25) is 0 Å². The Morgan fingerprint density at radius 3 is 2.25 bits per heavy atom. The van der Waals surface area contributed by atoms with Crippen LogP contribution in [0.3, 0.4) is 0 Å². The lowest BCUT2D eigenvalue weighted by molar-refractivity contribution is -0.127. The first kappa shape index (κ1) is 23.2. The summed E-state index contributed by atoms with van der Waals surface area (Å²) < 4.78 is 15.9. The Labute approximate surface area is 190 Å². The maximum Gasteiger partial charge on any atom is 0.294 e. The van der Waals surface area contributed by atoms with Crippen molar-refractivity contribution < 1.29 is 28.6 Å². The largest absolute Gasteiger partial charge is 0.496 e. The molecular weight excluding hydrogens is 432 g/mol. The molecule has 0 radical (unpaired) electrons. The van der Waals surface area contributed by atoms with Crippen molar-refractivity contribution in [1.82, 2.24) is 4.90 Å². The maximum atomic E-state index is 12.8. The summed E-state index contributed by atoms with van der Waals surface area (Å²) in [6.45, 7) is 3.54. The minimum atomic E-state index is -0.549. The second kappa shape index (κ2) is 9.78. The van der Waals surface area contributed by atoms with E-state index in [4.69, 9.17) is 14.2 Å². The van der Waals surface area contributed by atoms with Crippen molar-refractivity contribution in [2.75, 3.05) is 33.2 Å². The zero-order valence-electron chi connectivity index (χ0n) is 18.5. The van der Waals surface area contributed by atoms with Crippen molar-refractivity contribution in [2.45, 2.75) is 13.8 Å². The van der Waals surface area contributed by atoms with Crippen LogP contribution < -0.4 is 19.5 Å². The summed E-state index contributed by atoms with van der Waals surface area (Å²) in [6, 6.07) is 8.79. The lowest BCUT2D eigenvalue weighted by atomic mass is 10.1. The molecule has 2 aromatic rings. The quantitative estimate of drug-likeness (QED) is 0.629. The molecule has 0 spiro atoms. The summed E-state index contributed by atoms with van der Waals surface area (Å²) in [5.41, 5.74) is 3.27. The Morgan fingerprint density at radius 2 is 1.62 bits per heavy atom. The van der Waals surface area contributed by atoms with E-state index >= 15 is 0 Å². The monoisotopic (exact) mass is 456 g/mol. The Bertz CT molecular complexity index is 1110. The van der Waals surface area contributed by atoms with Crippen LogP contribution >= 0.6 is 11.8 Å². The van der Waals surface area contributed by atoms with Crippen molar-refractivity contribution in [3.05, 3.63) is 51.9 Å². The molecule has 2 aromatic carbocycles. The number of ether oxygens (including phenoxy) is 3. The first-order chi connectivity index (χ1) is 15.3. The van der Waals surface area contributed by atoms with Crippen molar-refractivity contribution in [2.24, 2.45) is 0 Å². The third-order valence-corrected chi connectivity index (χ3v) is 5.90. The van der Waals surface area contributed by atoms with Gasteiger partial charge in [0.2, 0.25) is 5.91 Å². The molecule has 3 rings (SSSR count). The van der Waals surface area contributed by atoms with Gasteiger partial charge in [-0.1, -0.05) is 6.07 Å². The number of imide groups is 1. The summed E-state index contributed by atoms with van der Waals surface area (Å²) in [4.78, 5) is 38.8. The average molecular weight is 457 g/mol. The Hall–Kier alpha value is -3.46. The number of nitrogens with one attached hydrogen (secondary N) is 1. The Kier molecular flexibility index (Phi) is 7.09. The highest BCUT2D eigenvalue weighted by molar-refractivity contribution is 8.18. The predicted octanol–water partition coefficient (Wildman–Crippen LogP) is 4.00. The molecule has 0 aromatic heterocycles. The third kappa shape index (κ3) is 4.88. The molecule has 0 aliphatic carbocycles. The number of methoxy groups -OCH3 is 3. The summed E-state index contributed by atoms with van der Waals surface area (Å²) >= 11 is 0.763. The second-order valence-electron chi connectivity index (χ2n) is 7.06. The van der Waals surface area contributed by atoms with Gasteiger partial charge in [-0.25, -0.2) is 0 Å². The topological polar surface area (TPSA) is 94.2 Å². The van der Waals surface area contributed by atoms with Crippen molar-refractivity contribution >= 4 is 40.6 Å². The molecule has 32 heavy (non-hydrogen) atoms. The molecule has 0 unspecified atom stereocenters. The fraction of sp³-hybridized carbons (Fsp3) is 0.261. The standard InChI is InChI=1S/C23H24N2O6S/c1-13-6-7-16(8-14(13)2)24-21(26)12-25-22(27)20(32-23(25)28)10-15-9-18(30-4)19(31-5)11-17(15)29-3/h6-11H,12H2,1-5H3,(H,24,26). The number of benzene rings is 2. The number of anilines is 1. The summed E-state index contributed by atoms with van der Waals surface area (Å²) in [6.07, 6.45) is 1.53. The van der Waals surface area contributed by atoms with E-state index < -0.39 is 17.1 Å². The number of amides is 3. The average Bonchev–Trinajstić information content (AvgIpc) is 3.03. The zero-order chi connectivity index (χ0) is 23.4. The minimum Gasteiger partial charge on any atom is -0.496 e. The number of carbonyl (C=O) groups is 3. The van der Waals surface area contributed by atoms with Gasteiger partial charge in [-0.3, -0.25) is 19.3 Å². The van der Waals surface area contributed by atoms with Crippen LogP contribution in [0.25, 0.3) is 6.08 Å². The van der Waals surface area contributed by atoms with Crippen LogP contribution in [0.4, 0.5) is 10.5 Å². The molecule has 9 heteroatoms. The van der Waals surface area contributed by atoms with E-state index in [1.165, 1.54) is 27.4 Å². The SMILES string of the molecule is COc1cc(OC)c(OC)cc1C=C1SC(=O)N(CC(=O)Nc2ccc(C)c(C)c2)C1=O. The lowest BCUT2D eigenvalue weighted by Crippen LogP contribution is -2.36. The molecule has 1 saturated heterocycles. The van der Waals surface area contributed by atoms with Crippen LogP contribution in [0.15, 0.2) is 35.2 Å². The molecule has 0 atom stereocenters. The van der Waals surface area contributed by atoms with Crippen LogP contribution in [-0.2, 0) is 9.59 Å². The second-order valence-corrected chi connectivity index (χ2v) is 8.06. The molecule has 8 nitrogen and oxygen atoms in total. The number of rotatable bonds is 7. The van der Waals surface area contributed by atoms with Gasteiger partial charge in [0.25, 0.3) is 11.1 Å². The van der Waals surface area contributed by atoms with E-state index in [2.05, 4.69) is 5.32 Å². The van der Waals surface area contributed by atoms with E-state index in [1.807, 2.05) is 26.0 Å². The molecule has 1 N–H and O–H groups in total. The number of hydrogen-bond donors (Lipinski definition) is 1. The van der Waals surface area contributed by atoms with Crippen molar-refractivity contribution in [3.8, 4) is 17.2 Å². The number of carbonyl (C=O) groups excluding carboxylic acids is 3. The molecule has 1 aliphatic rings. The highest BCUT2D eigenvalue weighted by Gasteiger charge is 2.36. The lowest BCUT2D eigenvalue weighted by Gasteiger charge is -2.13. The smallest absolute Gasteiger partial charge is 0.294 e. The van der Waals surface area contributed by atoms with E-state index in [1.54, 1.807) is 18.2 Å². The molecule has 3 amide bonds. The minimum absolute atomic E-state index is 0.180. The Morgan fingerprint density at radius 1 is 0.969 bits per heavy atom. The molecule has 0 bridgehead atoms. The number of hydrogen-bond acceptors (Lipinski definition) is 7. The summed E-state index contributed by atoms with van der Waals surface area (Å²) in [7, 11) is 4.49. The van der Waals surface area contributed by atoms with E-state index in [0.29, 0.717) is 28.5 Å². The number of thioether (sulfide) groups is 1. The van der Waals surface area contributed by atoms with Gasteiger partial charge in [0.1, 0.15) is 12.3 Å². The van der Waals surface area contributed by atoms with Crippen LogP contribution in [-0.4, -0.2) is 49.8 Å². The molecule has 1 heterocycles.